The van der Waals surface area contributed by atoms with Gasteiger partial charge in [0.2, 0.25) is 0 Å². The normalized spacial score (nSPS) is 25.2. The van der Waals surface area contributed by atoms with Crippen LogP contribution in [-0.2, 0) is 20.7 Å². The summed E-state index contributed by atoms with van der Waals surface area (Å²) >= 11 is 1.68. The molecule has 2 heterocycles. The van der Waals surface area contributed by atoms with E-state index in [4.69, 9.17) is 9.47 Å². The highest BCUT2D eigenvalue weighted by Crippen LogP contribution is 2.38. The summed E-state index contributed by atoms with van der Waals surface area (Å²) in [6, 6.07) is 15.5. The number of aliphatic hydroxyl groups is 4. The van der Waals surface area contributed by atoms with Crippen molar-refractivity contribution in [2.75, 3.05) is 20.3 Å². The van der Waals surface area contributed by atoms with Gasteiger partial charge in [0.1, 0.15) is 36.3 Å². The van der Waals surface area contributed by atoms with Crippen molar-refractivity contribution in [1.82, 2.24) is 0 Å². The molecule has 33 heavy (non-hydrogen) atoms. The summed E-state index contributed by atoms with van der Waals surface area (Å²) in [5.74, 6) is -0.311. The van der Waals surface area contributed by atoms with Crippen LogP contribution in [0.5, 0.6) is 5.75 Å². The molecule has 0 amide bonds. The maximum Gasteiger partial charge on any atom is 0.343 e. The van der Waals surface area contributed by atoms with E-state index in [2.05, 4.69) is 22.9 Å². The molecule has 2 aromatic carbocycles. The van der Waals surface area contributed by atoms with Crippen molar-refractivity contribution in [1.29, 1.82) is 0 Å². The molecule has 176 valence electrons. The van der Waals surface area contributed by atoms with E-state index in [1.165, 1.54) is 11.8 Å². The largest absolute Gasteiger partial charge is 0.482 e. The van der Waals surface area contributed by atoms with Crippen LogP contribution < -0.4 is 4.74 Å². The van der Waals surface area contributed by atoms with E-state index < -0.39 is 43.1 Å². The molecule has 4 N–H and O–H groups in total. The van der Waals surface area contributed by atoms with Crippen molar-refractivity contribution in [3.63, 3.8) is 0 Å². The lowest BCUT2D eigenvalue weighted by atomic mass is 9.90. The first-order valence-electron chi connectivity index (χ1n) is 10.5. The van der Waals surface area contributed by atoms with Gasteiger partial charge in [-0.15, -0.1) is 11.3 Å². The van der Waals surface area contributed by atoms with E-state index in [0.717, 1.165) is 15.8 Å². The Balaban J connectivity index is 1.67. The number of benzene rings is 2. The van der Waals surface area contributed by atoms with Crippen LogP contribution in [0.1, 0.15) is 22.1 Å². The van der Waals surface area contributed by atoms with Crippen molar-refractivity contribution in [3.8, 4) is 5.75 Å². The number of methoxy groups -OCH3 is 1. The van der Waals surface area contributed by atoms with Crippen molar-refractivity contribution in [2.24, 2.45) is 0 Å². The molecular weight excluding hydrogens is 448 g/mol. The summed E-state index contributed by atoms with van der Waals surface area (Å²) in [5, 5.41) is 41.7. The minimum Gasteiger partial charge on any atom is -0.482 e. The molecule has 3 aromatic rings. The fourth-order valence-electron chi connectivity index (χ4n) is 3.94. The molecule has 8 nitrogen and oxygen atoms in total. The molecule has 1 fully saturated rings. The number of rotatable bonds is 7. The summed E-state index contributed by atoms with van der Waals surface area (Å²) in [6.07, 6.45) is -6.00. The molecule has 1 aliphatic rings. The Kier molecular flexibility index (Phi) is 7.28. The zero-order chi connectivity index (χ0) is 23.5. The highest BCUT2D eigenvalue weighted by Gasteiger charge is 2.44. The average Bonchev–Trinajstić information content (AvgIpc) is 3.24. The van der Waals surface area contributed by atoms with E-state index in [9.17, 15) is 25.2 Å². The Morgan fingerprint density at radius 2 is 1.85 bits per heavy atom. The summed E-state index contributed by atoms with van der Waals surface area (Å²) in [5.41, 5.74) is 1.30. The molecule has 4 rings (SSSR count). The number of fused-ring (bicyclic) bond motifs is 1. The molecule has 0 spiro atoms. The van der Waals surface area contributed by atoms with Gasteiger partial charge in [0, 0.05) is 21.6 Å². The highest BCUT2D eigenvalue weighted by atomic mass is 32.1. The van der Waals surface area contributed by atoms with Crippen molar-refractivity contribution < 1.29 is 39.4 Å². The lowest BCUT2D eigenvalue weighted by molar-refractivity contribution is -0.232. The van der Waals surface area contributed by atoms with Crippen LogP contribution in [-0.4, -0.2) is 71.1 Å². The summed E-state index contributed by atoms with van der Waals surface area (Å²) in [6.45, 7) is -0.891. The first-order valence-corrected chi connectivity index (χ1v) is 11.3. The quantitative estimate of drug-likeness (QED) is 0.380. The van der Waals surface area contributed by atoms with Crippen LogP contribution in [0.2, 0.25) is 0 Å². The molecule has 1 aromatic heterocycles. The lowest BCUT2D eigenvalue weighted by Gasteiger charge is -2.40. The molecule has 1 saturated heterocycles. The Morgan fingerprint density at radius 1 is 1.06 bits per heavy atom. The van der Waals surface area contributed by atoms with Crippen LogP contribution in [0, 0.1) is 0 Å². The summed E-state index contributed by atoms with van der Waals surface area (Å²) < 4.78 is 17.2. The monoisotopic (exact) mass is 474 g/mol. The van der Waals surface area contributed by atoms with E-state index in [-0.39, 0.29) is 12.4 Å². The number of thiophene rings is 1. The van der Waals surface area contributed by atoms with Crippen molar-refractivity contribution in [3.05, 3.63) is 64.5 Å². The molecule has 0 aliphatic carbocycles. The van der Waals surface area contributed by atoms with E-state index in [1.54, 1.807) is 23.5 Å². The number of hydrogen-bond acceptors (Lipinski definition) is 9. The van der Waals surface area contributed by atoms with Gasteiger partial charge in [-0.3, -0.25) is 0 Å². The Bertz CT molecular complexity index is 1080. The first kappa shape index (κ1) is 23.6. The molecule has 0 bridgehead atoms. The number of carbonyl (C=O) groups is 1. The van der Waals surface area contributed by atoms with Crippen LogP contribution in [0.15, 0.2) is 48.5 Å². The van der Waals surface area contributed by atoms with Crippen LogP contribution in [0.4, 0.5) is 0 Å². The van der Waals surface area contributed by atoms with Gasteiger partial charge in [0.05, 0.1) is 13.7 Å². The van der Waals surface area contributed by atoms with E-state index >= 15 is 0 Å². The van der Waals surface area contributed by atoms with E-state index in [0.29, 0.717) is 12.0 Å². The number of carbonyl (C=O) groups excluding carboxylic acids is 1. The predicted octanol–water partition coefficient (Wildman–Crippen LogP) is 1.56. The average molecular weight is 475 g/mol. The number of esters is 1. The second-order valence-electron chi connectivity index (χ2n) is 7.91. The minimum absolute atomic E-state index is 0.268. The van der Waals surface area contributed by atoms with E-state index in [1.807, 2.05) is 18.2 Å². The molecule has 0 saturated carbocycles. The van der Waals surface area contributed by atoms with Gasteiger partial charge in [0.15, 0.2) is 6.61 Å². The van der Waals surface area contributed by atoms with Crippen LogP contribution in [0.25, 0.3) is 10.1 Å². The van der Waals surface area contributed by atoms with Gasteiger partial charge < -0.3 is 34.6 Å². The first-order chi connectivity index (χ1) is 15.9. The van der Waals surface area contributed by atoms with Gasteiger partial charge >= 0.3 is 5.97 Å². The second kappa shape index (κ2) is 10.2. The number of hydrogen-bond donors (Lipinski definition) is 4. The van der Waals surface area contributed by atoms with Crippen molar-refractivity contribution >= 4 is 27.4 Å². The Labute approximate surface area is 194 Å². The fraction of sp³-hybridized carbons (Fsp3) is 0.375. The van der Waals surface area contributed by atoms with Gasteiger partial charge in [-0.05, 0) is 35.2 Å². The summed E-state index contributed by atoms with van der Waals surface area (Å²) in [4.78, 5) is 12.7. The standard InChI is InChI=1S/C24H26O8S/c1-30-20(26)12-31-17-7-6-13(8-15-10-14-4-2-3-5-19(14)33-15)9-16(17)24-23(29)22(28)21(27)18(11-25)32-24/h2-7,9-10,18,21-25,27-29H,8,11-12H2,1H3/t18-,21-,22+,23-,24+/m1/s1. The third-order valence-electron chi connectivity index (χ3n) is 5.70. The summed E-state index contributed by atoms with van der Waals surface area (Å²) in [7, 11) is 1.25. The molecule has 5 atom stereocenters. The number of aliphatic hydroxyl groups excluding tert-OH is 4. The predicted molar refractivity (Wildman–Crippen MR) is 121 cm³/mol. The second-order valence-corrected chi connectivity index (χ2v) is 9.08. The molecule has 0 radical (unpaired) electrons. The topological polar surface area (TPSA) is 126 Å². The molecule has 1 aliphatic heterocycles. The molecular formula is C24H26O8S. The highest BCUT2D eigenvalue weighted by molar-refractivity contribution is 7.19. The fourth-order valence-corrected chi connectivity index (χ4v) is 5.04. The van der Waals surface area contributed by atoms with Gasteiger partial charge in [-0.25, -0.2) is 4.79 Å². The van der Waals surface area contributed by atoms with Gasteiger partial charge in [-0.2, -0.15) is 0 Å². The third kappa shape index (κ3) is 5.03. The maximum absolute atomic E-state index is 11.6. The maximum atomic E-state index is 11.6. The van der Waals surface area contributed by atoms with Crippen LogP contribution in [0.3, 0.4) is 0 Å². The SMILES string of the molecule is COC(=O)COc1ccc(Cc2cc3ccccc3s2)cc1[C@@H]1O[C@H](CO)[C@@H](O)[C@H](O)[C@H]1O. The Hall–Kier alpha value is -2.53. The smallest absolute Gasteiger partial charge is 0.343 e. The third-order valence-corrected chi connectivity index (χ3v) is 6.82. The van der Waals surface area contributed by atoms with Crippen molar-refractivity contribution in [2.45, 2.75) is 36.9 Å². The van der Waals surface area contributed by atoms with Crippen LogP contribution >= 0.6 is 11.3 Å². The minimum atomic E-state index is -1.53. The Morgan fingerprint density at radius 3 is 2.58 bits per heavy atom. The zero-order valence-corrected chi connectivity index (χ0v) is 18.8. The van der Waals surface area contributed by atoms with Gasteiger partial charge in [0.25, 0.3) is 0 Å². The lowest BCUT2D eigenvalue weighted by Crippen LogP contribution is -2.55. The zero-order valence-electron chi connectivity index (χ0n) is 18.0. The van der Waals surface area contributed by atoms with Gasteiger partial charge in [-0.1, -0.05) is 24.3 Å². The molecule has 9 heteroatoms. The molecule has 0 unspecified atom stereocenters. The number of ether oxygens (including phenoxy) is 3.